The van der Waals surface area contributed by atoms with Crippen molar-refractivity contribution in [3.8, 4) is 11.5 Å². The lowest BCUT2D eigenvalue weighted by molar-refractivity contribution is -0.120. The molecule has 28 heavy (non-hydrogen) atoms. The molecule has 0 unspecified atom stereocenters. The van der Waals surface area contributed by atoms with Gasteiger partial charge in [-0.2, -0.15) is 0 Å². The predicted octanol–water partition coefficient (Wildman–Crippen LogP) is 2.69. The zero-order valence-electron chi connectivity index (χ0n) is 16.7. The number of anilines is 1. The van der Waals surface area contributed by atoms with Gasteiger partial charge in [0.25, 0.3) is 5.91 Å². The van der Waals surface area contributed by atoms with E-state index < -0.39 is 0 Å². The minimum absolute atomic E-state index is 0. The highest BCUT2D eigenvalue weighted by atomic mass is 35.5. The Morgan fingerprint density at radius 3 is 2.39 bits per heavy atom. The topological polar surface area (TPSA) is 79.9 Å². The molecular weight excluding hydrogens is 382 g/mol. The third-order valence-electron chi connectivity index (χ3n) is 5.40. The van der Waals surface area contributed by atoms with E-state index in [2.05, 4.69) is 17.6 Å². The quantitative estimate of drug-likeness (QED) is 0.778. The molecular formula is C20H30ClN3O4. The van der Waals surface area contributed by atoms with Crippen LogP contribution >= 0.6 is 12.4 Å². The minimum atomic E-state index is -0.0811. The molecule has 2 amide bonds. The van der Waals surface area contributed by atoms with Crippen LogP contribution in [-0.4, -0.2) is 56.6 Å². The van der Waals surface area contributed by atoms with E-state index in [-0.39, 0.29) is 30.1 Å². The van der Waals surface area contributed by atoms with Crippen LogP contribution < -0.4 is 20.1 Å². The van der Waals surface area contributed by atoms with Crippen molar-refractivity contribution in [3.63, 3.8) is 0 Å². The molecule has 156 valence electrons. The standard InChI is InChI=1S/C20H29N3O4.ClH/c1-13-10-14(6-7-21-13)19(24)22-16-12-18(27-3)17(26-2)11-15(16)20(25)23-8-4-5-9-23;/h11-14,21H,4-10H2,1-3H3,(H,22,24);1H/t13-,14-;/m0./s1. The fourth-order valence-corrected chi connectivity index (χ4v) is 3.85. The number of piperidine rings is 1. The van der Waals surface area contributed by atoms with Gasteiger partial charge in [0.2, 0.25) is 5.91 Å². The highest BCUT2D eigenvalue weighted by Crippen LogP contribution is 2.35. The minimum Gasteiger partial charge on any atom is -0.493 e. The van der Waals surface area contributed by atoms with E-state index in [0.717, 1.165) is 45.3 Å². The summed E-state index contributed by atoms with van der Waals surface area (Å²) in [6, 6.07) is 3.66. The number of carbonyl (C=O) groups is 2. The number of rotatable bonds is 5. The number of amides is 2. The largest absolute Gasteiger partial charge is 0.493 e. The number of hydrogen-bond acceptors (Lipinski definition) is 5. The summed E-state index contributed by atoms with van der Waals surface area (Å²) in [5.41, 5.74) is 0.936. The number of ether oxygens (including phenoxy) is 2. The number of halogens is 1. The summed E-state index contributed by atoms with van der Waals surface area (Å²) in [5.74, 6) is 0.774. The molecule has 7 nitrogen and oxygen atoms in total. The number of likely N-dealkylation sites (tertiary alicyclic amines) is 1. The van der Waals surface area contributed by atoms with Crippen LogP contribution in [0.4, 0.5) is 5.69 Å². The molecule has 2 N–H and O–H groups in total. The summed E-state index contributed by atoms with van der Waals surface area (Å²) in [6.07, 6.45) is 3.59. The Morgan fingerprint density at radius 2 is 1.79 bits per heavy atom. The van der Waals surface area contributed by atoms with Crippen LogP contribution in [0.2, 0.25) is 0 Å². The van der Waals surface area contributed by atoms with Crippen LogP contribution in [0.3, 0.4) is 0 Å². The maximum Gasteiger partial charge on any atom is 0.256 e. The van der Waals surface area contributed by atoms with Gasteiger partial charge in [-0.05, 0) is 45.2 Å². The van der Waals surface area contributed by atoms with Gasteiger partial charge < -0.3 is 25.0 Å². The van der Waals surface area contributed by atoms with Crippen molar-refractivity contribution in [2.24, 2.45) is 5.92 Å². The molecule has 0 bridgehead atoms. The number of methoxy groups -OCH3 is 2. The van der Waals surface area contributed by atoms with Gasteiger partial charge >= 0.3 is 0 Å². The van der Waals surface area contributed by atoms with Gasteiger partial charge in [0.15, 0.2) is 11.5 Å². The molecule has 2 atom stereocenters. The summed E-state index contributed by atoms with van der Waals surface area (Å²) in [6.45, 7) is 4.39. The first-order valence-corrected chi connectivity index (χ1v) is 9.63. The van der Waals surface area contributed by atoms with Gasteiger partial charge in [-0.3, -0.25) is 9.59 Å². The van der Waals surface area contributed by atoms with Gasteiger partial charge in [0.05, 0.1) is 25.5 Å². The second-order valence-electron chi connectivity index (χ2n) is 7.32. The molecule has 0 aliphatic carbocycles. The van der Waals surface area contributed by atoms with Crippen molar-refractivity contribution in [2.75, 3.05) is 39.2 Å². The normalized spacial score (nSPS) is 21.6. The van der Waals surface area contributed by atoms with Crippen molar-refractivity contribution >= 4 is 29.9 Å². The number of nitrogens with zero attached hydrogens (tertiary/aromatic N) is 1. The van der Waals surface area contributed by atoms with Gasteiger partial charge in [0.1, 0.15) is 0 Å². The van der Waals surface area contributed by atoms with Crippen molar-refractivity contribution in [1.82, 2.24) is 10.2 Å². The van der Waals surface area contributed by atoms with E-state index >= 15 is 0 Å². The Labute approximate surface area is 172 Å². The lowest BCUT2D eigenvalue weighted by atomic mass is 9.92. The SMILES string of the molecule is COc1cc(NC(=O)[C@H]2CCN[C@@H](C)C2)c(C(=O)N2CCCC2)cc1OC.Cl. The van der Waals surface area contributed by atoms with E-state index in [4.69, 9.17) is 9.47 Å². The van der Waals surface area contributed by atoms with E-state index in [0.29, 0.717) is 28.8 Å². The summed E-state index contributed by atoms with van der Waals surface area (Å²) < 4.78 is 10.7. The average molecular weight is 412 g/mol. The first-order valence-electron chi connectivity index (χ1n) is 9.63. The number of nitrogens with one attached hydrogen (secondary N) is 2. The fraction of sp³-hybridized carbons (Fsp3) is 0.600. The summed E-state index contributed by atoms with van der Waals surface area (Å²) in [7, 11) is 3.08. The van der Waals surface area contributed by atoms with E-state index in [1.54, 1.807) is 19.2 Å². The number of carbonyl (C=O) groups excluding carboxylic acids is 2. The van der Waals surface area contributed by atoms with Crippen LogP contribution in [0.5, 0.6) is 11.5 Å². The first-order chi connectivity index (χ1) is 13.0. The summed E-state index contributed by atoms with van der Waals surface area (Å²) in [5, 5.41) is 6.33. The van der Waals surface area contributed by atoms with E-state index in [9.17, 15) is 9.59 Å². The zero-order chi connectivity index (χ0) is 19.4. The smallest absolute Gasteiger partial charge is 0.256 e. The summed E-state index contributed by atoms with van der Waals surface area (Å²) >= 11 is 0. The van der Waals surface area contributed by atoms with Crippen LogP contribution in [0.1, 0.15) is 43.0 Å². The Balaban J connectivity index is 0.00000280. The lowest BCUT2D eigenvalue weighted by Crippen LogP contribution is -2.40. The molecule has 3 rings (SSSR count). The second kappa shape index (κ2) is 9.98. The fourth-order valence-electron chi connectivity index (χ4n) is 3.85. The summed E-state index contributed by atoms with van der Waals surface area (Å²) in [4.78, 5) is 27.7. The molecule has 2 heterocycles. The molecule has 0 saturated carbocycles. The molecule has 2 saturated heterocycles. The molecule has 8 heteroatoms. The first kappa shape index (κ1) is 22.3. The Hall–Kier alpha value is -1.99. The monoisotopic (exact) mass is 411 g/mol. The third-order valence-corrected chi connectivity index (χ3v) is 5.40. The van der Waals surface area contributed by atoms with Crippen LogP contribution in [0.25, 0.3) is 0 Å². The van der Waals surface area contributed by atoms with Gasteiger partial charge in [-0.1, -0.05) is 0 Å². The maximum atomic E-state index is 13.0. The number of hydrogen-bond donors (Lipinski definition) is 2. The average Bonchev–Trinajstić information content (AvgIpc) is 3.21. The molecule has 1 aromatic rings. The Kier molecular flexibility index (Phi) is 7.95. The molecule has 0 radical (unpaired) electrons. The molecule has 0 spiro atoms. The van der Waals surface area contributed by atoms with Crippen molar-refractivity contribution < 1.29 is 19.1 Å². The third kappa shape index (κ3) is 4.89. The Bertz CT molecular complexity index is 707. The van der Waals surface area contributed by atoms with Crippen molar-refractivity contribution in [2.45, 2.75) is 38.6 Å². The van der Waals surface area contributed by atoms with Crippen molar-refractivity contribution in [3.05, 3.63) is 17.7 Å². The van der Waals surface area contributed by atoms with Crippen molar-refractivity contribution in [1.29, 1.82) is 0 Å². The van der Waals surface area contributed by atoms with E-state index in [1.165, 1.54) is 7.11 Å². The zero-order valence-corrected chi connectivity index (χ0v) is 17.6. The van der Waals surface area contributed by atoms with Gasteiger partial charge in [-0.15, -0.1) is 12.4 Å². The highest BCUT2D eigenvalue weighted by Gasteiger charge is 2.28. The van der Waals surface area contributed by atoms with E-state index in [1.807, 2.05) is 4.90 Å². The van der Waals surface area contributed by atoms with Crippen LogP contribution in [0.15, 0.2) is 12.1 Å². The predicted molar refractivity (Wildman–Crippen MR) is 111 cm³/mol. The lowest BCUT2D eigenvalue weighted by Gasteiger charge is -2.27. The van der Waals surface area contributed by atoms with Gasteiger partial charge in [-0.25, -0.2) is 0 Å². The Morgan fingerprint density at radius 1 is 1.14 bits per heavy atom. The molecule has 2 fully saturated rings. The molecule has 2 aliphatic heterocycles. The van der Waals surface area contributed by atoms with Crippen LogP contribution in [-0.2, 0) is 4.79 Å². The molecule has 1 aromatic carbocycles. The maximum absolute atomic E-state index is 13.0. The molecule has 0 aromatic heterocycles. The number of benzene rings is 1. The second-order valence-corrected chi connectivity index (χ2v) is 7.32. The van der Waals surface area contributed by atoms with Gasteiger partial charge in [0, 0.05) is 31.1 Å². The highest BCUT2D eigenvalue weighted by molar-refractivity contribution is 6.05. The van der Waals surface area contributed by atoms with Crippen LogP contribution in [0, 0.1) is 5.92 Å². The molecule has 2 aliphatic rings.